The molecule has 1 amide bonds. The summed E-state index contributed by atoms with van der Waals surface area (Å²) in [7, 11) is 0. The normalized spacial score (nSPS) is 15.7. The second-order valence-corrected chi connectivity index (χ2v) is 7.17. The monoisotopic (exact) mass is 375 g/mol. The number of rotatable bonds is 6. The maximum atomic E-state index is 12.3. The molecule has 2 aromatic heterocycles. The summed E-state index contributed by atoms with van der Waals surface area (Å²) in [6.45, 7) is 4.35. The van der Waals surface area contributed by atoms with Crippen LogP contribution in [-0.4, -0.2) is 37.3 Å². The molecule has 0 spiro atoms. The average Bonchev–Trinajstić information content (AvgIpc) is 3.03. The zero-order valence-corrected chi connectivity index (χ0v) is 15.6. The number of carbonyl (C=O) groups excluding carboxylic acids is 1. The average molecular weight is 375 g/mol. The predicted molar refractivity (Wildman–Crippen MR) is 98.5 cm³/mol. The molecule has 0 aromatic carbocycles. The van der Waals surface area contributed by atoms with Gasteiger partial charge in [-0.15, -0.1) is 0 Å². The fourth-order valence-electron chi connectivity index (χ4n) is 2.80. The minimum absolute atomic E-state index is 0.0913. The summed E-state index contributed by atoms with van der Waals surface area (Å²) in [6.07, 6.45) is 4.00. The molecule has 3 heterocycles. The van der Waals surface area contributed by atoms with Gasteiger partial charge in [0.2, 0.25) is 5.91 Å². The molecular formula is C17H21N5O3S. The van der Waals surface area contributed by atoms with Crippen LogP contribution in [0.25, 0.3) is 0 Å². The quantitative estimate of drug-likeness (QED) is 0.739. The van der Waals surface area contributed by atoms with Crippen LogP contribution in [0.5, 0.6) is 0 Å². The van der Waals surface area contributed by atoms with Crippen LogP contribution in [0.3, 0.4) is 0 Å². The van der Waals surface area contributed by atoms with E-state index in [4.69, 9.17) is 0 Å². The van der Waals surface area contributed by atoms with Crippen molar-refractivity contribution < 1.29 is 4.79 Å². The summed E-state index contributed by atoms with van der Waals surface area (Å²) < 4.78 is 3.08. The van der Waals surface area contributed by atoms with Gasteiger partial charge in [0.05, 0.1) is 12.4 Å². The molecule has 0 saturated heterocycles. The van der Waals surface area contributed by atoms with Crippen molar-refractivity contribution >= 4 is 17.7 Å². The highest BCUT2D eigenvalue weighted by Crippen LogP contribution is 2.31. The van der Waals surface area contributed by atoms with Crippen LogP contribution < -0.4 is 16.4 Å². The second kappa shape index (κ2) is 7.86. The van der Waals surface area contributed by atoms with Gasteiger partial charge in [-0.2, -0.15) is 0 Å². The number of hydrogen-bond acceptors (Lipinski definition) is 6. The van der Waals surface area contributed by atoms with Crippen molar-refractivity contribution in [2.45, 2.75) is 44.4 Å². The van der Waals surface area contributed by atoms with E-state index in [1.807, 2.05) is 6.92 Å². The third kappa shape index (κ3) is 3.87. The smallest absolute Gasteiger partial charge is 0.257 e. The van der Waals surface area contributed by atoms with Crippen molar-refractivity contribution in [1.82, 2.24) is 24.4 Å². The summed E-state index contributed by atoms with van der Waals surface area (Å²) in [5, 5.41) is 3.47. The Bertz CT molecular complexity index is 937. The molecule has 0 bridgehead atoms. The number of aromatic nitrogens is 4. The van der Waals surface area contributed by atoms with Crippen LogP contribution in [0.15, 0.2) is 33.3 Å². The van der Waals surface area contributed by atoms with Crippen LogP contribution in [0.2, 0.25) is 0 Å². The molecule has 26 heavy (non-hydrogen) atoms. The Hall–Kier alpha value is -2.42. The topological polar surface area (TPSA) is 98.9 Å². The number of aryl methyl sites for hydroxylation is 2. The first kappa shape index (κ1) is 18.4. The second-order valence-electron chi connectivity index (χ2n) is 6.18. The number of nitrogens with zero attached hydrogens (tertiary/aromatic N) is 4. The van der Waals surface area contributed by atoms with Gasteiger partial charge in [0, 0.05) is 48.8 Å². The first-order valence-corrected chi connectivity index (χ1v) is 9.51. The fourth-order valence-corrected chi connectivity index (χ4v) is 3.90. The van der Waals surface area contributed by atoms with E-state index in [-0.39, 0.29) is 29.5 Å². The molecule has 1 aliphatic heterocycles. The number of fused-ring (bicyclic) bond motifs is 1. The van der Waals surface area contributed by atoms with E-state index in [9.17, 15) is 14.4 Å². The van der Waals surface area contributed by atoms with Gasteiger partial charge >= 0.3 is 0 Å². The van der Waals surface area contributed by atoms with E-state index in [2.05, 4.69) is 15.3 Å². The molecule has 0 fully saturated rings. The maximum Gasteiger partial charge on any atom is 0.257 e. The van der Waals surface area contributed by atoms with Gasteiger partial charge in [-0.05, 0) is 13.3 Å². The molecule has 0 radical (unpaired) electrons. The van der Waals surface area contributed by atoms with Crippen LogP contribution in [-0.2, 0) is 17.8 Å². The van der Waals surface area contributed by atoms with Crippen molar-refractivity contribution in [3.05, 3.63) is 50.6 Å². The molecule has 0 aliphatic carbocycles. The summed E-state index contributed by atoms with van der Waals surface area (Å²) in [5.74, 6) is 0.504. The SMILES string of the molecule is CCc1cc(=O)n(CCNC(=O)CC2CSc3ncc(C)c(=O)n32)cn1. The van der Waals surface area contributed by atoms with Crippen molar-refractivity contribution in [3.8, 4) is 0 Å². The van der Waals surface area contributed by atoms with Crippen molar-refractivity contribution in [2.75, 3.05) is 12.3 Å². The standard InChI is InChI=1S/C17H21N5O3S/c1-3-12-6-15(24)21(10-20-12)5-4-18-14(23)7-13-9-26-17-19-8-11(2)16(25)22(13)17/h6,8,10,13H,3-5,7,9H2,1-2H3,(H,18,23). The molecular weight excluding hydrogens is 354 g/mol. The summed E-state index contributed by atoms with van der Waals surface area (Å²) in [4.78, 5) is 44.9. The number of hydrogen-bond donors (Lipinski definition) is 1. The Kier molecular flexibility index (Phi) is 5.55. The molecule has 138 valence electrons. The Balaban J connectivity index is 1.56. The van der Waals surface area contributed by atoms with E-state index < -0.39 is 0 Å². The molecule has 1 unspecified atom stereocenters. The molecule has 9 heteroatoms. The van der Waals surface area contributed by atoms with Crippen LogP contribution in [0.1, 0.15) is 30.6 Å². The first-order valence-electron chi connectivity index (χ1n) is 8.52. The zero-order valence-electron chi connectivity index (χ0n) is 14.8. The van der Waals surface area contributed by atoms with Crippen molar-refractivity contribution in [2.24, 2.45) is 0 Å². The minimum Gasteiger partial charge on any atom is -0.354 e. The highest BCUT2D eigenvalue weighted by Gasteiger charge is 2.27. The van der Waals surface area contributed by atoms with E-state index in [0.717, 1.165) is 5.69 Å². The van der Waals surface area contributed by atoms with Gasteiger partial charge in [-0.3, -0.25) is 23.5 Å². The Morgan fingerprint density at radius 3 is 2.92 bits per heavy atom. The van der Waals surface area contributed by atoms with Crippen LogP contribution in [0.4, 0.5) is 0 Å². The van der Waals surface area contributed by atoms with E-state index in [1.165, 1.54) is 28.7 Å². The zero-order chi connectivity index (χ0) is 18.7. The van der Waals surface area contributed by atoms with E-state index in [1.54, 1.807) is 17.7 Å². The predicted octanol–water partition coefficient (Wildman–Crippen LogP) is 0.524. The van der Waals surface area contributed by atoms with Gasteiger partial charge in [-0.25, -0.2) is 9.97 Å². The fraction of sp³-hybridized carbons (Fsp3) is 0.471. The van der Waals surface area contributed by atoms with Crippen molar-refractivity contribution in [1.29, 1.82) is 0 Å². The van der Waals surface area contributed by atoms with Gasteiger partial charge in [0.25, 0.3) is 11.1 Å². The number of amides is 1. The Labute approximate surface area is 154 Å². The molecule has 0 saturated carbocycles. The third-order valence-corrected chi connectivity index (χ3v) is 5.41. The largest absolute Gasteiger partial charge is 0.354 e. The summed E-state index contributed by atoms with van der Waals surface area (Å²) in [6, 6.07) is 1.32. The van der Waals surface area contributed by atoms with Crippen molar-refractivity contribution in [3.63, 3.8) is 0 Å². The van der Waals surface area contributed by atoms with Gasteiger partial charge in [-0.1, -0.05) is 18.7 Å². The Morgan fingerprint density at radius 1 is 1.38 bits per heavy atom. The number of thioether (sulfide) groups is 1. The lowest BCUT2D eigenvalue weighted by atomic mass is 10.2. The highest BCUT2D eigenvalue weighted by molar-refractivity contribution is 7.99. The molecule has 3 rings (SSSR count). The number of nitrogens with one attached hydrogen (secondary N) is 1. The highest BCUT2D eigenvalue weighted by atomic mass is 32.2. The lowest BCUT2D eigenvalue weighted by Crippen LogP contribution is -2.34. The first-order chi connectivity index (χ1) is 12.5. The van der Waals surface area contributed by atoms with Gasteiger partial charge < -0.3 is 5.32 Å². The van der Waals surface area contributed by atoms with Crippen LogP contribution >= 0.6 is 11.8 Å². The van der Waals surface area contributed by atoms with Gasteiger partial charge in [0.15, 0.2) is 5.16 Å². The van der Waals surface area contributed by atoms with E-state index in [0.29, 0.717) is 36.0 Å². The minimum atomic E-state index is -0.192. The van der Waals surface area contributed by atoms with E-state index >= 15 is 0 Å². The molecule has 1 N–H and O–H groups in total. The molecule has 2 aromatic rings. The molecule has 1 aliphatic rings. The van der Waals surface area contributed by atoms with Gasteiger partial charge in [0.1, 0.15) is 0 Å². The maximum absolute atomic E-state index is 12.3. The number of carbonyl (C=O) groups is 1. The lowest BCUT2D eigenvalue weighted by Gasteiger charge is -2.14. The molecule has 1 atom stereocenters. The summed E-state index contributed by atoms with van der Waals surface area (Å²) in [5.41, 5.74) is 1.11. The van der Waals surface area contributed by atoms with Crippen LogP contribution in [0, 0.1) is 6.92 Å². The summed E-state index contributed by atoms with van der Waals surface area (Å²) >= 11 is 1.49. The molecule has 8 nitrogen and oxygen atoms in total. The third-order valence-electron chi connectivity index (χ3n) is 4.30. The lowest BCUT2D eigenvalue weighted by molar-refractivity contribution is -0.121. The Morgan fingerprint density at radius 2 is 2.19 bits per heavy atom.